The van der Waals surface area contributed by atoms with Crippen molar-refractivity contribution < 1.29 is 23.9 Å². The molecular weight excluding hydrogens is 560 g/mol. The lowest BCUT2D eigenvalue weighted by atomic mass is 10.0. The van der Waals surface area contributed by atoms with E-state index in [9.17, 15) is 19.2 Å². The molecule has 4 rings (SSSR count). The minimum Gasteiger partial charge on any atom is -0.436 e. The molecule has 0 radical (unpaired) electrons. The van der Waals surface area contributed by atoms with Gasteiger partial charge in [-0.15, -0.1) is 0 Å². The number of primary amides is 1. The van der Waals surface area contributed by atoms with E-state index >= 15 is 0 Å². The number of rotatable bonds is 12. The van der Waals surface area contributed by atoms with Gasteiger partial charge < -0.3 is 32.2 Å². The van der Waals surface area contributed by atoms with Gasteiger partial charge in [0.2, 0.25) is 11.8 Å². The highest BCUT2D eigenvalue weighted by molar-refractivity contribution is 5.98. The molecule has 0 unspecified atom stereocenters. The standard InChI is InChI=1S/C33H40N6O5/c1-20(2)28(39(3)33(43)44-29-25-11-6-4-9-23(25)24-10-5-7-12-26(24)29)31(41)38-27(13-8-18-36-32(35)42)30(40)37-22-16-14-21(19-34)15-17-22/h4-7,9-12,14-17,20,27-29H,8,13,18-19,34H2,1-3H3,(H,37,40)(H,38,41)(H3,35,36,42)/t27-,28-/m0/s1. The van der Waals surface area contributed by atoms with Gasteiger partial charge in [0.1, 0.15) is 12.1 Å². The lowest BCUT2D eigenvalue weighted by Gasteiger charge is -2.32. The average molecular weight is 601 g/mol. The van der Waals surface area contributed by atoms with Gasteiger partial charge in [-0.2, -0.15) is 0 Å². The molecule has 1 aliphatic carbocycles. The van der Waals surface area contributed by atoms with Gasteiger partial charge in [-0.3, -0.25) is 14.5 Å². The summed E-state index contributed by atoms with van der Waals surface area (Å²) in [6, 6.07) is 20.0. The minimum absolute atomic E-state index is 0.216. The molecule has 11 heteroatoms. The van der Waals surface area contributed by atoms with E-state index in [0.29, 0.717) is 18.7 Å². The molecule has 7 N–H and O–H groups in total. The monoisotopic (exact) mass is 600 g/mol. The highest BCUT2D eigenvalue weighted by Crippen LogP contribution is 2.45. The summed E-state index contributed by atoms with van der Waals surface area (Å²) >= 11 is 0. The first-order chi connectivity index (χ1) is 21.1. The zero-order valence-corrected chi connectivity index (χ0v) is 25.2. The number of carbonyl (C=O) groups excluding carboxylic acids is 4. The second kappa shape index (κ2) is 14.5. The van der Waals surface area contributed by atoms with Crippen LogP contribution in [0.2, 0.25) is 0 Å². The van der Waals surface area contributed by atoms with Crippen LogP contribution in [0, 0.1) is 5.92 Å². The largest absolute Gasteiger partial charge is 0.436 e. The quantitative estimate of drug-likeness (QED) is 0.198. The van der Waals surface area contributed by atoms with Gasteiger partial charge >= 0.3 is 12.1 Å². The minimum atomic E-state index is -0.953. The topological polar surface area (TPSA) is 169 Å². The molecule has 1 aliphatic rings. The van der Waals surface area contributed by atoms with Crippen LogP contribution in [0.1, 0.15) is 49.5 Å². The van der Waals surface area contributed by atoms with Crippen molar-refractivity contribution >= 4 is 29.6 Å². The number of nitrogens with two attached hydrogens (primary N) is 2. The van der Waals surface area contributed by atoms with E-state index in [0.717, 1.165) is 27.8 Å². The molecular formula is C33H40N6O5. The average Bonchev–Trinajstić information content (AvgIpc) is 3.32. The first-order valence-electron chi connectivity index (χ1n) is 14.7. The molecule has 0 aromatic heterocycles. The van der Waals surface area contributed by atoms with Gasteiger partial charge in [-0.05, 0) is 47.6 Å². The van der Waals surface area contributed by atoms with E-state index in [-0.39, 0.29) is 18.9 Å². The van der Waals surface area contributed by atoms with Crippen molar-refractivity contribution in [3.05, 3.63) is 89.5 Å². The van der Waals surface area contributed by atoms with Crippen LogP contribution in [0.15, 0.2) is 72.8 Å². The zero-order valence-electron chi connectivity index (χ0n) is 25.2. The number of nitrogens with one attached hydrogen (secondary N) is 3. The SMILES string of the molecule is CC(C)[C@@H](C(=O)N[C@@H](CCCNC(N)=O)C(=O)Nc1ccc(CN)cc1)N(C)C(=O)OC1c2ccccc2-c2ccccc21. The van der Waals surface area contributed by atoms with Crippen molar-refractivity contribution in [3.63, 3.8) is 0 Å². The number of carbonyl (C=O) groups is 4. The molecule has 0 heterocycles. The fourth-order valence-corrected chi connectivity index (χ4v) is 5.46. The molecule has 11 nitrogen and oxygen atoms in total. The van der Waals surface area contributed by atoms with Crippen molar-refractivity contribution in [2.45, 2.75) is 51.4 Å². The zero-order chi connectivity index (χ0) is 31.8. The summed E-state index contributed by atoms with van der Waals surface area (Å²) < 4.78 is 6.03. The Hall–Kier alpha value is -4.90. The van der Waals surface area contributed by atoms with Crippen LogP contribution in [0.4, 0.5) is 15.3 Å². The number of ether oxygens (including phenoxy) is 1. The van der Waals surface area contributed by atoms with Crippen LogP contribution < -0.4 is 27.4 Å². The molecule has 3 aromatic carbocycles. The van der Waals surface area contributed by atoms with Crippen molar-refractivity contribution in [1.29, 1.82) is 0 Å². The number of likely N-dealkylation sites (N-methyl/N-ethyl adjacent to an activating group) is 1. The van der Waals surface area contributed by atoms with Crippen molar-refractivity contribution in [2.24, 2.45) is 17.4 Å². The number of amides is 5. The Labute approximate surface area is 257 Å². The molecule has 232 valence electrons. The van der Waals surface area contributed by atoms with Crippen LogP contribution in [0.25, 0.3) is 11.1 Å². The fraction of sp³-hybridized carbons (Fsp3) is 0.333. The Kier molecular flexibility index (Phi) is 10.6. The first kappa shape index (κ1) is 32.0. The lowest BCUT2D eigenvalue weighted by Crippen LogP contribution is -2.55. The summed E-state index contributed by atoms with van der Waals surface area (Å²) in [6.45, 7) is 4.23. The van der Waals surface area contributed by atoms with Crippen molar-refractivity contribution in [1.82, 2.24) is 15.5 Å². The third kappa shape index (κ3) is 7.54. The molecule has 0 aliphatic heterocycles. The van der Waals surface area contributed by atoms with Crippen LogP contribution in [0.3, 0.4) is 0 Å². The molecule has 5 amide bonds. The maximum atomic E-state index is 13.7. The number of nitrogens with zero attached hydrogens (tertiary/aromatic N) is 1. The third-order valence-electron chi connectivity index (χ3n) is 7.66. The number of anilines is 1. The molecule has 0 spiro atoms. The smallest absolute Gasteiger partial charge is 0.411 e. The van der Waals surface area contributed by atoms with E-state index in [1.807, 2.05) is 62.4 Å². The van der Waals surface area contributed by atoms with E-state index in [2.05, 4.69) is 16.0 Å². The van der Waals surface area contributed by atoms with Gasteiger partial charge in [0, 0.05) is 37.0 Å². The molecule has 3 aromatic rings. The molecule has 0 fully saturated rings. The molecule has 2 atom stereocenters. The van der Waals surface area contributed by atoms with Gasteiger partial charge in [0.25, 0.3) is 0 Å². The van der Waals surface area contributed by atoms with Crippen LogP contribution in [-0.2, 0) is 20.9 Å². The maximum absolute atomic E-state index is 13.7. The Balaban J connectivity index is 1.49. The van der Waals surface area contributed by atoms with Gasteiger partial charge in [0.15, 0.2) is 6.10 Å². The summed E-state index contributed by atoms with van der Waals surface area (Å²) in [7, 11) is 1.52. The van der Waals surface area contributed by atoms with Gasteiger partial charge in [0.05, 0.1) is 0 Å². The van der Waals surface area contributed by atoms with Crippen LogP contribution >= 0.6 is 0 Å². The number of benzene rings is 3. The Morgan fingerprint density at radius 2 is 1.48 bits per heavy atom. The predicted octanol–water partition coefficient (Wildman–Crippen LogP) is 3.88. The molecule has 44 heavy (non-hydrogen) atoms. The second-order valence-corrected chi connectivity index (χ2v) is 11.1. The Morgan fingerprint density at radius 1 is 0.886 bits per heavy atom. The molecule has 0 saturated heterocycles. The lowest BCUT2D eigenvalue weighted by molar-refractivity contribution is -0.131. The summed E-state index contributed by atoms with van der Waals surface area (Å²) in [5.41, 5.74) is 16.0. The number of hydrogen-bond donors (Lipinski definition) is 5. The van der Waals surface area contributed by atoms with Crippen molar-refractivity contribution in [3.8, 4) is 11.1 Å². The van der Waals surface area contributed by atoms with E-state index < -0.39 is 42.1 Å². The van der Waals surface area contributed by atoms with Gasteiger partial charge in [-0.25, -0.2) is 9.59 Å². The Bertz CT molecular complexity index is 1450. The van der Waals surface area contributed by atoms with E-state index in [1.54, 1.807) is 24.3 Å². The maximum Gasteiger partial charge on any atom is 0.411 e. The Morgan fingerprint density at radius 3 is 2.02 bits per heavy atom. The van der Waals surface area contributed by atoms with E-state index in [4.69, 9.17) is 16.2 Å². The summed E-state index contributed by atoms with van der Waals surface area (Å²) in [4.78, 5) is 53.0. The first-order valence-corrected chi connectivity index (χ1v) is 14.7. The number of fused-ring (bicyclic) bond motifs is 3. The summed E-state index contributed by atoms with van der Waals surface area (Å²) in [5, 5.41) is 8.14. The highest BCUT2D eigenvalue weighted by atomic mass is 16.6. The third-order valence-corrected chi connectivity index (χ3v) is 7.66. The van der Waals surface area contributed by atoms with Crippen LogP contribution in [-0.4, -0.2) is 54.5 Å². The predicted molar refractivity (Wildman–Crippen MR) is 168 cm³/mol. The van der Waals surface area contributed by atoms with Gasteiger partial charge in [-0.1, -0.05) is 74.5 Å². The van der Waals surface area contributed by atoms with Crippen molar-refractivity contribution in [2.75, 3.05) is 18.9 Å². The second-order valence-electron chi connectivity index (χ2n) is 11.1. The summed E-state index contributed by atoms with van der Waals surface area (Å²) in [5.74, 6) is -1.25. The normalized spacial score (nSPS) is 13.3. The number of hydrogen-bond acceptors (Lipinski definition) is 6. The van der Waals surface area contributed by atoms with E-state index in [1.165, 1.54) is 11.9 Å². The van der Waals surface area contributed by atoms with Crippen LogP contribution in [0.5, 0.6) is 0 Å². The summed E-state index contributed by atoms with van der Waals surface area (Å²) in [6.07, 6.45) is -0.692. The highest BCUT2D eigenvalue weighted by Gasteiger charge is 2.37. The molecule has 0 saturated carbocycles. The number of urea groups is 1. The molecule has 0 bridgehead atoms. The fourth-order valence-electron chi connectivity index (χ4n) is 5.46.